The summed E-state index contributed by atoms with van der Waals surface area (Å²) in [5.41, 5.74) is 1.31. The summed E-state index contributed by atoms with van der Waals surface area (Å²) < 4.78 is 18.9. The lowest BCUT2D eigenvalue weighted by Gasteiger charge is -2.31. The van der Waals surface area contributed by atoms with Gasteiger partial charge in [-0.3, -0.25) is 0 Å². The monoisotopic (exact) mass is 266 g/mol. The zero-order valence-corrected chi connectivity index (χ0v) is 11.7. The van der Waals surface area contributed by atoms with Crippen molar-refractivity contribution < 1.29 is 14.2 Å². The van der Waals surface area contributed by atoms with Crippen LogP contribution in [0.3, 0.4) is 0 Å². The van der Waals surface area contributed by atoms with Crippen molar-refractivity contribution in [2.45, 2.75) is 50.8 Å². The second-order valence-electron chi connectivity index (χ2n) is 5.57. The number of aliphatic hydroxyl groups excluding tert-OH is 1. The molecule has 0 saturated heterocycles. The predicted octanol–water partition coefficient (Wildman–Crippen LogP) is 3.69. The minimum absolute atomic E-state index is 0.0227. The first-order chi connectivity index (χ1) is 9.11. The second kappa shape index (κ2) is 6.38. The number of alkyl halides is 1. The topological polar surface area (TPSA) is 29.5 Å². The molecule has 0 radical (unpaired) electrons. The Labute approximate surface area is 114 Å². The molecule has 1 aromatic carbocycles. The van der Waals surface area contributed by atoms with Gasteiger partial charge >= 0.3 is 0 Å². The smallest absolute Gasteiger partial charge is 0.128 e. The molecule has 1 saturated carbocycles. The lowest BCUT2D eigenvalue weighted by molar-refractivity contribution is 0.0394. The highest BCUT2D eigenvalue weighted by atomic mass is 19.1. The van der Waals surface area contributed by atoms with Crippen LogP contribution in [0.4, 0.5) is 4.39 Å². The van der Waals surface area contributed by atoms with Crippen molar-refractivity contribution in [2.75, 3.05) is 7.11 Å². The van der Waals surface area contributed by atoms with E-state index in [4.69, 9.17) is 4.74 Å². The van der Waals surface area contributed by atoms with Crippen LogP contribution in [0.2, 0.25) is 0 Å². The minimum atomic E-state index is -1.07. The van der Waals surface area contributed by atoms with Gasteiger partial charge in [0.15, 0.2) is 0 Å². The molecule has 0 spiro atoms. The first-order valence-electron chi connectivity index (χ1n) is 7.08. The summed E-state index contributed by atoms with van der Waals surface area (Å²) in [7, 11) is 1.66. The average molecular weight is 266 g/mol. The number of ether oxygens (including phenoxy) is 1. The first kappa shape index (κ1) is 14.3. The summed E-state index contributed by atoms with van der Waals surface area (Å²) in [5.74, 6) is 1.41. The van der Waals surface area contributed by atoms with Crippen LogP contribution in [0.15, 0.2) is 24.3 Å². The summed E-state index contributed by atoms with van der Waals surface area (Å²) in [4.78, 5) is 0. The van der Waals surface area contributed by atoms with Gasteiger partial charge in [-0.05, 0) is 62.1 Å². The van der Waals surface area contributed by atoms with E-state index < -0.39 is 12.3 Å². The standard InChI is InChI=1S/C16H23FO2/c1-11(18)16(17)14-5-3-12(4-6-14)13-7-9-15(19-2)10-8-13/h7-12,14,16,18H,3-6H2,1-2H3. The zero-order valence-electron chi connectivity index (χ0n) is 11.7. The molecule has 0 aromatic heterocycles. The molecule has 0 heterocycles. The molecule has 1 aliphatic carbocycles. The molecule has 1 aromatic rings. The summed E-state index contributed by atoms with van der Waals surface area (Å²) in [5, 5.41) is 9.32. The van der Waals surface area contributed by atoms with Crippen LogP contribution in [-0.4, -0.2) is 24.5 Å². The van der Waals surface area contributed by atoms with Crippen LogP contribution in [-0.2, 0) is 0 Å². The van der Waals surface area contributed by atoms with Crippen molar-refractivity contribution in [3.8, 4) is 5.75 Å². The lowest BCUT2D eigenvalue weighted by atomic mass is 9.76. The summed E-state index contributed by atoms with van der Waals surface area (Å²) >= 11 is 0. The third-order valence-corrected chi connectivity index (χ3v) is 4.27. The van der Waals surface area contributed by atoms with Gasteiger partial charge in [0.05, 0.1) is 13.2 Å². The van der Waals surface area contributed by atoms with E-state index in [-0.39, 0.29) is 5.92 Å². The molecule has 0 amide bonds. The molecule has 106 valence electrons. The van der Waals surface area contributed by atoms with Gasteiger partial charge in [0.2, 0.25) is 0 Å². The molecule has 1 aliphatic rings. The van der Waals surface area contributed by atoms with Crippen LogP contribution < -0.4 is 4.74 Å². The molecule has 2 nitrogen and oxygen atoms in total. The normalized spacial score (nSPS) is 26.7. The van der Waals surface area contributed by atoms with E-state index in [2.05, 4.69) is 12.1 Å². The van der Waals surface area contributed by atoms with Gasteiger partial charge in [0.25, 0.3) is 0 Å². The molecule has 1 N–H and O–H groups in total. The van der Waals surface area contributed by atoms with E-state index in [1.165, 1.54) is 5.56 Å². The fraction of sp³-hybridized carbons (Fsp3) is 0.625. The molecular formula is C16H23FO2. The van der Waals surface area contributed by atoms with Crippen molar-refractivity contribution in [3.63, 3.8) is 0 Å². The Bertz CT molecular complexity index is 380. The maximum atomic E-state index is 13.8. The quantitative estimate of drug-likeness (QED) is 0.900. The van der Waals surface area contributed by atoms with Gasteiger partial charge in [-0.1, -0.05) is 12.1 Å². The van der Waals surface area contributed by atoms with Gasteiger partial charge in [0.1, 0.15) is 11.9 Å². The Morgan fingerprint density at radius 3 is 2.21 bits per heavy atom. The van der Waals surface area contributed by atoms with Crippen LogP contribution in [0.25, 0.3) is 0 Å². The number of hydrogen-bond donors (Lipinski definition) is 1. The van der Waals surface area contributed by atoms with Crippen molar-refractivity contribution in [2.24, 2.45) is 5.92 Å². The van der Waals surface area contributed by atoms with E-state index in [0.717, 1.165) is 31.4 Å². The largest absolute Gasteiger partial charge is 0.497 e. The molecule has 2 rings (SSSR count). The molecule has 2 atom stereocenters. The van der Waals surface area contributed by atoms with E-state index in [1.54, 1.807) is 14.0 Å². The molecule has 1 fully saturated rings. The van der Waals surface area contributed by atoms with Crippen LogP contribution in [0, 0.1) is 5.92 Å². The molecule has 0 aliphatic heterocycles. The first-order valence-corrected chi connectivity index (χ1v) is 7.08. The Hall–Kier alpha value is -1.09. The fourth-order valence-electron chi connectivity index (χ4n) is 3.04. The van der Waals surface area contributed by atoms with Crippen LogP contribution in [0.1, 0.15) is 44.1 Å². The predicted molar refractivity (Wildman–Crippen MR) is 74.3 cm³/mol. The van der Waals surface area contributed by atoms with E-state index in [0.29, 0.717) is 5.92 Å². The zero-order chi connectivity index (χ0) is 13.8. The molecule has 3 heteroatoms. The molecule has 0 bridgehead atoms. The highest BCUT2D eigenvalue weighted by Gasteiger charge is 2.30. The van der Waals surface area contributed by atoms with Crippen molar-refractivity contribution >= 4 is 0 Å². The number of methoxy groups -OCH3 is 1. The lowest BCUT2D eigenvalue weighted by Crippen LogP contribution is -2.30. The molecule has 2 unspecified atom stereocenters. The highest BCUT2D eigenvalue weighted by Crippen LogP contribution is 2.38. The maximum Gasteiger partial charge on any atom is 0.128 e. The van der Waals surface area contributed by atoms with Crippen molar-refractivity contribution in [1.29, 1.82) is 0 Å². The number of halogens is 1. The number of hydrogen-bond acceptors (Lipinski definition) is 2. The van der Waals surface area contributed by atoms with Gasteiger partial charge in [-0.25, -0.2) is 4.39 Å². The Kier molecular flexibility index (Phi) is 4.81. The Morgan fingerprint density at radius 2 is 1.74 bits per heavy atom. The summed E-state index contributed by atoms with van der Waals surface area (Å²) in [6, 6.07) is 8.17. The third-order valence-electron chi connectivity index (χ3n) is 4.27. The highest BCUT2D eigenvalue weighted by molar-refractivity contribution is 5.29. The van der Waals surface area contributed by atoms with Crippen LogP contribution in [0.5, 0.6) is 5.75 Å². The SMILES string of the molecule is COc1ccc(C2CCC(C(F)C(C)O)CC2)cc1. The van der Waals surface area contributed by atoms with Gasteiger partial charge < -0.3 is 9.84 Å². The third kappa shape index (κ3) is 3.47. The van der Waals surface area contributed by atoms with Gasteiger partial charge in [-0.2, -0.15) is 0 Å². The van der Waals surface area contributed by atoms with E-state index in [1.807, 2.05) is 12.1 Å². The van der Waals surface area contributed by atoms with Crippen LogP contribution >= 0.6 is 0 Å². The maximum absolute atomic E-state index is 13.8. The summed E-state index contributed by atoms with van der Waals surface area (Å²) in [6.07, 6.45) is 1.82. The average Bonchev–Trinajstić information content (AvgIpc) is 2.46. The number of aliphatic hydroxyl groups is 1. The Balaban J connectivity index is 1.92. The summed E-state index contributed by atoms with van der Waals surface area (Å²) in [6.45, 7) is 1.54. The number of benzene rings is 1. The van der Waals surface area contributed by atoms with E-state index >= 15 is 0 Å². The molecular weight excluding hydrogens is 243 g/mol. The molecule has 19 heavy (non-hydrogen) atoms. The van der Waals surface area contributed by atoms with Gasteiger partial charge in [-0.15, -0.1) is 0 Å². The fourth-order valence-corrected chi connectivity index (χ4v) is 3.04. The van der Waals surface area contributed by atoms with Crippen molar-refractivity contribution in [1.82, 2.24) is 0 Å². The number of rotatable bonds is 4. The minimum Gasteiger partial charge on any atom is -0.497 e. The van der Waals surface area contributed by atoms with E-state index in [9.17, 15) is 9.50 Å². The van der Waals surface area contributed by atoms with Crippen molar-refractivity contribution in [3.05, 3.63) is 29.8 Å². The second-order valence-corrected chi connectivity index (χ2v) is 5.57. The Morgan fingerprint density at radius 1 is 1.16 bits per heavy atom. The van der Waals surface area contributed by atoms with Gasteiger partial charge in [0, 0.05) is 0 Å².